The minimum atomic E-state index is 0.332. The Morgan fingerprint density at radius 3 is 2.53 bits per heavy atom. The van der Waals surface area contributed by atoms with Crippen molar-refractivity contribution in [3.63, 3.8) is 0 Å². The monoisotopic (exact) mass is 258 g/mol. The van der Waals surface area contributed by atoms with Crippen molar-refractivity contribution >= 4 is 5.95 Å². The molecule has 19 heavy (non-hydrogen) atoms. The number of anilines is 1. The fraction of sp³-hybridized carbons (Fsp3) is 0.400. The number of nitrogens with zero attached hydrogens (tertiary/aromatic N) is 3. The zero-order chi connectivity index (χ0) is 13.8. The van der Waals surface area contributed by atoms with Crippen LogP contribution in [0.1, 0.15) is 24.2 Å². The highest BCUT2D eigenvalue weighted by molar-refractivity contribution is 5.31. The largest absolute Gasteiger partial charge is 0.348 e. The summed E-state index contributed by atoms with van der Waals surface area (Å²) in [5, 5.41) is 3.53. The van der Waals surface area contributed by atoms with E-state index in [2.05, 4.69) is 46.1 Å². The number of aromatic nitrogens is 2. The molecule has 2 rings (SSSR count). The Morgan fingerprint density at radius 1 is 1.26 bits per heavy atom. The van der Waals surface area contributed by atoms with Gasteiger partial charge in [-0.25, -0.2) is 4.98 Å². The molecule has 1 aromatic heterocycles. The topological polar surface area (TPSA) is 33.1 Å². The van der Waals surface area contributed by atoms with Gasteiger partial charge in [0, 0.05) is 33.7 Å². The molecule has 1 atom stereocenters. The van der Waals surface area contributed by atoms with E-state index in [0.29, 0.717) is 6.04 Å². The molecule has 1 N–H and O–H groups in total. The number of hydrogen-bond acceptors (Lipinski definition) is 3. The van der Waals surface area contributed by atoms with E-state index >= 15 is 0 Å². The van der Waals surface area contributed by atoms with Crippen LogP contribution >= 0.6 is 0 Å². The number of rotatable bonds is 5. The maximum atomic E-state index is 4.41. The van der Waals surface area contributed by atoms with Crippen LogP contribution in [0.25, 0.3) is 0 Å². The highest BCUT2D eigenvalue weighted by Crippen LogP contribution is 2.14. The summed E-state index contributed by atoms with van der Waals surface area (Å²) in [7, 11) is 6.06. The molecule has 102 valence electrons. The number of nitrogens with one attached hydrogen (secondary N) is 1. The maximum absolute atomic E-state index is 4.41. The summed E-state index contributed by atoms with van der Waals surface area (Å²) >= 11 is 0. The lowest BCUT2D eigenvalue weighted by Gasteiger charge is -2.16. The lowest BCUT2D eigenvalue weighted by atomic mass is 10.1. The van der Waals surface area contributed by atoms with Crippen molar-refractivity contribution in [1.29, 1.82) is 0 Å². The van der Waals surface area contributed by atoms with Gasteiger partial charge >= 0.3 is 0 Å². The average molecular weight is 258 g/mol. The van der Waals surface area contributed by atoms with Crippen LogP contribution in [0.2, 0.25) is 0 Å². The van der Waals surface area contributed by atoms with Crippen molar-refractivity contribution in [1.82, 2.24) is 14.9 Å². The summed E-state index contributed by atoms with van der Waals surface area (Å²) in [5.41, 5.74) is 2.49. The van der Waals surface area contributed by atoms with E-state index in [4.69, 9.17) is 0 Å². The maximum Gasteiger partial charge on any atom is 0.204 e. The summed E-state index contributed by atoms with van der Waals surface area (Å²) in [5.74, 6) is 0.976. The molecule has 1 heterocycles. The Morgan fingerprint density at radius 2 is 1.95 bits per heavy atom. The zero-order valence-corrected chi connectivity index (χ0v) is 12.1. The molecule has 0 aliphatic carbocycles. The predicted octanol–water partition coefficient (Wildman–Crippen LogP) is 2.34. The van der Waals surface area contributed by atoms with Crippen LogP contribution in [0.15, 0.2) is 36.5 Å². The molecule has 2 aromatic rings. The SMILES string of the molecule is CC(NCc1cnc(N(C)C)n1C)c1ccccc1. The van der Waals surface area contributed by atoms with Crippen molar-refractivity contribution in [2.75, 3.05) is 19.0 Å². The summed E-state index contributed by atoms with van der Waals surface area (Å²) in [4.78, 5) is 6.43. The van der Waals surface area contributed by atoms with Crippen molar-refractivity contribution < 1.29 is 0 Å². The Hall–Kier alpha value is -1.81. The van der Waals surface area contributed by atoms with Crippen molar-refractivity contribution in [3.8, 4) is 0 Å². The van der Waals surface area contributed by atoms with Crippen LogP contribution in [0.5, 0.6) is 0 Å². The lowest BCUT2D eigenvalue weighted by Crippen LogP contribution is -2.20. The van der Waals surface area contributed by atoms with E-state index in [-0.39, 0.29) is 0 Å². The van der Waals surface area contributed by atoms with Crippen molar-refractivity contribution in [2.45, 2.75) is 19.5 Å². The molecule has 1 aromatic carbocycles. The minimum Gasteiger partial charge on any atom is -0.348 e. The first-order valence-electron chi connectivity index (χ1n) is 6.56. The second-order valence-corrected chi connectivity index (χ2v) is 5.02. The molecule has 0 radical (unpaired) electrons. The van der Waals surface area contributed by atoms with Crippen LogP contribution in [0, 0.1) is 0 Å². The van der Waals surface area contributed by atoms with E-state index in [1.807, 2.05) is 38.3 Å². The van der Waals surface area contributed by atoms with Crippen LogP contribution in [-0.2, 0) is 13.6 Å². The standard InChI is InChI=1S/C15H22N4/c1-12(13-8-6-5-7-9-13)16-10-14-11-17-15(18(2)3)19(14)4/h5-9,11-12,16H,10H2,1-4H3. The molecule has 4 nitrogen and oxygen atoms in total. The van der Waals surface area contributed by atoms with Gasteiger partial charge in [-0.2, -0.15) is 0 Å². The van der Waals surface area contributed by atoms with E-state index in [1.165, 1.54) is 11.3 Å². The third kappa shape index (κ3) is 3.15. The van der Waals surface area contributed by atoms with Gasteiger partial charge in [-0.05, 0) is 12.5 Å². The predicted molar refractivity (Wildman–Crippen MR) is 79.2 cm³/mol. The van der Waals surface area contributed by atoms with Crippen molar-refractivity contribution in [2.24, 2.45) is 7.05 Å². The van der Waals surface area contributed by atoms with Gasteiger partial charge < -0.3 is 14.8 Å². The highest BCUT2D eigenvalue weighted by atomic mass is 15.3. The van der Waals surface area contributed by atoms with Gasteiger partial charge in [0.25, 0.3) is 0 Å². The first-order valence-corrected chi connectivity index (χ1v) is 6.56. The van der Waals surface area contributed by atoms with Crippen molar-refractivity contribution in [3.05, 3.63) is 47.8 Å². The quantitative estimate of drug-likeness (QED) is 0.893. The molecular formula is C15H22N4. The normalized spacial score (nSPS) is 12.4. The molecule has 0 amide bonds. The second-order valence-electron chi connectivity index (χ2n) is 5.02. The number of hydrogen-bond donors (Lipinski definition) is 1. The Bertz CT molecular complexity index is 516. The summed E-state index contributed by atoms with van der Waals surface area (Å²) in [6.07, 6.45) is 1.93. The van der Waals surface area contributed by atoms with Gasteiger partial charge in [-0.15, -0.1) is 0 Å². The third-order valence-corrected chi connectivity index (χ3v) is 3.35. The fourth-order valence-electron chi connectivity index (χ4n) is 2.13. The van der Waals surface area contributed by atoms with Gasteiger partial charge in [0.05, 0.1) is 11.9 Å². The molecule has 0 aliphatic rings. The third-order valence-electron chi connectivity index (χ3n) is 3.35. The van der Waals surface area contributed by atoms with Gasteiger partial charge in [-0.1, -0.05) is 30.3 Å². The van der Waals surface area contributed by atoms with Crippen LogP contribution < -0.4 is 10.2 Å². The van der Waals surface area contributed by atoms with E-state index in [1.54, 1.807) is 0 Å². The van der Waals surface area contributed by atoms with Gasteiger partial charge in [-0.3, -0.25) is 0 Å². The van der Waals surface area contributed by atoms with E-state index < -0.39 is 0 Å². The zero-order valence-electron chi connectivity index (χ0n) is 12.1. The lowest BCUT2D eigenvalue weighted by molar-refractivity contribution is 0.558. The molecule has 1 unspecified atom stereocenters. The number of imidazole rings is 1. The molecule has 0 aliphatic heterocycles. The van der Waals surface area contributed by atoms with Gasteiger partial charge in [0.1, 0.15) is 0 Å². The Kier molecular flexibility index (Phi) is 4.22. The first-order chi connectivity index (χ1) is 9.09. The highest BCUT2D eigenvalue weighted by Gasteiger charge is 2.09. The summed E-state index contributed by atoms with van der Waals surface area (Å²) < 4.78 is 2.12. The van der Waals surface area contributed by atoms with Gasteiger partial charge in [0.2, 0.25) is 5.95 Å². The van der Waals surface area contributed by atoms with Crippen LogP contribution in [0.3, 0.4) is 0 Å². The molecule has 0 spiro atoms. The fourth-order valence-corrected chi connectivity index (χ4v) is 2.13. The van der Waals surface area contributed by atoms with Crippen LogP contribution in [-0.4, -0.2) is 23.6 Å². The number of benzene rings is 1. The molecule has 0 saturated carbocycles. The Balaban J connectivity index is 1.99. The van der Waals surface area contributed by atoms with E-state index in [9.17, 15) is 0 Å². The van der Waals surface area contributed by atoms with Gasteiger partial charge in [0.15, 0.2) is 0 Å². The average Bonchev–Trinajstić information content (AvgIpc) is 2.78. The second kappa shape index (κ2) is 5.89. The van der Waals surface area contributed by atoms with Crippen LogP contribution in [0.4, 0.5) is 5.95 Å². The molecule has 0 fully saturated rings. The molecular weight excluding hydrogens is 236 g/mol. The van der Waals surface area contributed by atoms with E-state index in [0.717, 1.165) is 12.5 Å². The minimum absolute atomic E-state index is 0.332. The molecule has 0 bridgehead atoms. The smallest absolute Gasteiger partial charge is 0.204 e. The molecule has 4 heteroatoms. The Labute approximate surface area is 115 Å². The summed E-state index contributed by atoms with van der Waals surface area (Å²) in [6, 6.07) is 10.8. The molecule has 0 saturated heterocycles. The summed E-state index contributed by atoms with van der Waals surface area (Å²) in [6.45, 7) is 2.99. The first kappa shape index (κ1) is 13.6.